The van der Waals surface area contributed by atoms with Crippen molar-refractivity contribution in [1.82, 2.24) is 9.88 Å². The number of carbonyl (C=O) groups is 1. The summed E-state index contributed by atoms with van der Waals surface area (Å²) in [5.41, 5.74) is 2.39. The van der Waals surface area contributed by atoms with Crippen LogP contribution in [0.25, 0.3) is 10.9 Å². The molecule has 1 aliphatic carbocycles. The molecule has 0 aliphatic heterocycles. The van der Waals surface area contributed by atoms with Gasteiger partial charge < -0.3 is 24.5 Å². The number of benzene rings is 1. The molecular weight excluding hydrogens is 404 g/mol. The molecular formula is C23H35ClN2O4. The number of aryl methyl sites for hydroxylation is 1. The van der Waals surface area contributed by atoms with Crippen LogP contribution in [0.1, 0.15) is 55.6 Å². The number of hydrogen-bond acceptors (Lipinski definition) is 5. The number of nitrogens with one attached hydrogen (secondary N) is 1. The van der Waals surface area contributed by atoms with E-state index in [4.69, 9.17) is 9.47 Å². The number of aliphatic hydroxyl groups is 1. The number of hydrogen-bond donors (Lipinski definition) is 2. The molecule has 2 aromatic rings. The van der Waals surface area contributed by atoms with Crippen molar-refractivity contribution >= 4 is 29.3 Å². The molecule has 3 unspecified atom stereocenters. The van der Waals surface area contributed by atoms with E-state index in [1.165, 1.54) is 25.7 Å². The molecule has 0 radical (unpaired) electrons. The van der Waals surface area contributed by atoms with Gasteiger partial charge in [0.05, 0.1) is 12.2 Å². The third-order valence-corrected chi connectivity index (χ3v) is 6.11. The van der Waals surface area contributed by atoms with E-state index < -0.39 is 6.10 Å². The van der Waals surface area contributed by atoms with Gasteiger partial charge in [-0.15, -0.1) is 12.4 Å². The minimum atomic E-state index is -0.582. The maximum Gasteiger partial charge on any atom is 0.340 e. The summed E-state index contributed by atoms with van der Waals surface area (Å²) in [6.07, 6.45) is 4.41. The summed E-state index contributed by atoms with van der Waals surface area (Å²) in [7, 11) is 1.93. The quantitative estimate of drug-likeness (QED) is 0.609. The second-order valence-corrected chi connectivity index (χ2v) is 8.16. The van der Waals surface area contributed by atoms with Crippen LogP contribution < -0.4 is 10.1 Å². The van der Waals surface area contributed by atoms with Crippen molar-refractivity contribution in [1.29, 1.82) is 0 Å². The fourth-order valence-corrected chi connectivity index (χ4v) is 4.26. The van der Waals surface area contributed by atoms with Crippen LogP contribution in [0.3, 0.4) is 0 Å². The molecule has 168 valence electrons. The van der Waals surface area contributed by atoms with Crippen LogP contribution in [0.15, 0.2) is 18.2 Å². The maximum absolute atomic E-state index is 12.4. The third kappa shape index (κ3) is 5.48. The molecule has 1 heterocycles. The largest absolute Gasteiger partial charge is 0.491 e. The fourth-order valence-electron chi connectivity index (χ4n) is 4.26. The first kappa shape index (κ1) is 24.5. The number of aliphatic hydroxyl groups excluding tert-OH is 1. The molecule has 30 heavy (non-hydrogen) atoms. The van der Waals surface area contributed by atoms with Crippen LogP contribution in [0.2, 0.25) is 0 Å². The highest BCUT2D eigenvalue weighted by Crippen LogP contribution is 2.29. The Morgan fingerprint density at radius 1 is 1.33 bits per heavy atom. The minimum Gasteiger partial charge on any atom is -0.491 e. The number of rotatable bonds is 8. The number of carbonyl (C=O) groups excluding carboxylic acids is 1. The van der Waals surface area contributed by atoms with Crippen molar-refractivity contribution in [3.05, 3.63) is 29.5 Å². The lowest BCUT2D eigenvalue weighted by atomic mass is 9.86. The first-order valence-corrected chi connectivity index (χ1v) is 10.7. The molecule has 0 bridgehead atoms. The summed E-state index contributed by atoms with van der Waals surface area (Å²) in [4.78, 5) is 12.4. The van der Waals surface area contributed by atoms with Gasteiger partial charge in [0.25, 0.3) is 0 Å². The second-order valence-electron chi connectivity index (χ2n) is 8.16. The van der Waals surface area contributed by atoms with E-state index in [0.717, 1.165) is 16.6 Å². The molecule has 2 N–H and O–H groups in total. The SMILES string of the molecule is CCOC(=O)c1c(C)n(C)c2ccc(OCC(O)CNC3CCCCC3C)cc12.Cl. The van der Waals surface area contributed by atoms with Crippen molar-refractivity contribution in [2.75, 3.05) is 19.8 Å². The Bertz CT molecular complexity index is 851. The van der Waals surface area contributed by atoms with Crippen LogP contribution in [0, 0.1) is 12.8 Å². The van der Waals surface area contributed by atoms with Gasteiger partial charge in [-0.05, 0) is 50.8 Å². The summed E-state index contributed by atoms with van der Waals surface area (Å²) in [6, 6.07) is 6.15. The first-order chi connectivity index (χ1) is 13.9. The number of fused-ring (bicyclic) bond motifs is 1. The molecule has 1 aliphatic rings. The van der Waals surface area contributed by atoms with Gasteiger partial charge in [0.2, 0.25) is 0 Å². The highest BCUT2D eigenvalue weighted by atomic mass is 35.5. The molecule has 1 aromatic carbocycles. The van der Waals surface area contributed by atoms with Crippen LogP contribution in [-0.4, -0.2) is 47.5 Å². The van der Waals surface area contributed by atoms with E-state index in [0.29, 0.717) is 36.4 Å². The predicted octanol–water partition coefficient (Wildman–Crippen LogP) is 3.99. The second kappa shape index (κ2) is 11.0. The number of halogens is 1. The van der Waals surface area contributed by atoms with Gasteiger partial charge >= 0.3 is 5.97 Å². The summed E-state index contributed by atoms with van der Waals surface area (Å²) in [6.45, 7) is 7.06. The van der Waals surface area contributed by atoms with Crippen LogP contribution in [0.4, 0.5) is 0 Å². The number of aromatic nitrogens is 1. The molecule has 7 heteroatoms. The third-order valence-electron chi connectivity index (χ3n) is 6.11. The highest BCUT2D eigenvalue weighted by molar-refractivity contribution is 6.06. The lowest BCUT2D eigenvalue weighted by Crippen LogP contribution is -2.42. The lowest BCUT2D eigenvalue weighted by Gasteiger charge is -2.30. The van der Waals surface area contributed by atoms with Gasteiger partial charge in [-0.25, -0.2) is 4.79 Å². The Morgan fingerprint density at radius 3 is 2.77 bits per heavy atom. The zero-order valence-corrected chi connectivity index (χ0v) is 19.3. The molecule has 1 saturated carbocycles. The van der Waals surface area contributed by atoms with Crippen LogP contribution in [-0.2, 0) is 11.8 Å². The van der Waals surface area contributed by atoms with E-state index in [1.54, 1.807) is 6.92 Å². The van der Waals surface area contributed by atoms with E-state index in [9.17, 15) is 9.90 Å². The molecule has 1 fully saturated rings. The highest BCUT2D eigenvalue weighted by Gasteiger charge is 2.22. The van der Waals surface area contributed by atoms with Crippen molar-refractivity contribution < 1.29 is 19.4 Å². The van der Waals surface area contributed by atoms with E-state index in [-0.39, 0.29) is 25.0 Å². The fraction of sp³-hybridized carbons (Fsp3) is 0.609. The topological polar surface area (TPSA) is 72.7 Å². The number of nitrogens with zero attached hydrogens (tertiary/aromatic N) is 1. The van der Waals surface area contributed by atoms with Crippen LogP contribution >= 0.6 is 12.4 Å². The Labute approximate surface area is 185 Å². The summed E-state index contributed by atoms with van der Waals surface area (Å²) in [5.74, 6) is 0.971. The Hall–Kier alpha value is -1.76. The molecule has 0 spiro atoms. The normalized spacial score (nSPS) is 19.9. The number of esters is 1. The molecule has 1 aromatic heterocycles. The monoisotopic (exact) mass is 438 g/mol. The Morgan fingerprint density at radius 2 is 2.07 bits per heavy atom. The standard InChI is InChI=1S/C23H34N2O4.ClH/c1-5-28-23(27)22-16(3)25(4)21-11-10-18(12-19(21)22)29-14-17(26)13-24-20-9-7-6-8-15(20)2;/h10-12,15,17,20,24,26H,5-9,13-14H2,1-4H3;1H. The first-order valence-electron chi connectivity index (χ1n) is 10.7. The van der Waals surface area contributed by atoms with Crippen molar-refractivity contribution in [2.24, 2.45) is 13.0 Å². The Balaban J connectivity index is 0.00000320. The smallest absolute Gasteiger partial charge is 0.340 e. The van der Waals surface area contributed by atoms with Gasteiger partial charge in [0.15, 0.2) is 0 Å². The summed E-state index contributed by atoms with van der Waals surface area (Å²) >= 11 is 0. The van der Waals surface area contributed by atoms with E-state index in [2.05, 4.69) is 12.2 Å². The van der Waals surface area contributed by atoms with Gasteiger partial charge in [-0.3, -0.25) is 0 Å². The average molecular weight is 439 g/mol. The molecule has 6 nitrogen and oxygen atoms in total. The van der Waals surface area contributed by atoms with Crippen LogP contribution in [0.5, 0.6) is 5.75 Å². The Kier molecular flexibility index (Phi) is 9.01. The van der Waals surface area contributed by atoms with Gasteiger partial charge in [0, 0.05) is 36.2 Å². The average Bonchev–Trinajstić information content (AvgIpc) is 2.96. The maximum atomic E-state index is 12.4. The molecule has 3 atom stereocenters. The van der Waals surface area contributed by atoms with Gasteiger partial charge in [-0.2, -0.15) is 0 Å². The minimum absolute atomic E-state index is 0. The van der Waals surface area contributed by atoms with Crippen molar-refractivity contribution in [2.45, 2.75) is 58.6 Å². The summed E-state index contributed by atoms with van der Waals surface area (Å²) < 4.78 is 13.0. The van der Waals surface area contributed by atoms with Gasteiger partial charge in [-0.1, -0.05) is 19.8 Å². The zero-order chi connectivity index (χ0) is 21.0. The molecule has 0 amide bonds. The summed E-state index contributed by atoms with van der Waals surface area (Å²) in [5, 5.41) is 14.6. The van der Waals surface area contributed by atoms with E-state index >= 15 is 0 Å². The van der Waals surface area contributed by atoms with Crippen molar-refractivity contribution in [3.63, 3.8) is 0 Å². The lowest BCUT2D eigenvalue weighted by molar-refractivity contribution is 0.0527. The molecule has 0 saturated heterocycles. The van der Waals surface area contributed by atoms with Gasteiger partial charge in [0.1, 0.15) is 18.5 Å². The van der Waals surface area contributed by atoms with E-state index in [1.807, 2.05) is 36.7 Å². The van der Waals surface area contributed by atoms with Crippen molar-refractivity contribution in [3.8, 4) is 5.75 Å². The predicted molar refractivity (Wildman–Crippen MR) is 122 cm³/mol. The number of ether oxygens (including phenoxy) is 2. The zero-order valence-electron chi connectivity index (χ0n) is 18.4. The molecule has 3 rings (SSSR count).